The van der Waals surface area contributed by atoms with Gasteiger partial charge in [-0.2, -0.15) is 5.10 Å². The highest BCUT2D eigenvalue weighted by atomic mass is 16.5. The highest BCUT2D eigenvalue weighted by Gasteiger charge is 2.26. The number of fused-ring (bicyclic) bond motifs is 1. The predicted octanol–water partition coefficient (Wildman–Crippen LogP) is 2.16. The predicted molar refractivity (Wildman–Crippen MR) is 90.4 cm³/mol. The molecule has 1 aromatic heterocycles. The Morgan fingerprint density at radius 2 is 2.12 bits per heavy atom. The van der Waals surface area contributed by atoms with Crippen LogP contribution in [0.4, 0.5) is 5.69 Å². The largest absolute Gasteiger partial charge is 0.490 e. The smallest absolute Gasteiger partial charge is 0.269 e. The third-order valence-corrected chi connectivity index (χ3v) is 4.82. The molecule has 24 heavy (non-hydrogen) atoms. The summed E-state index contributed by atoms with van der Waals surface area (Å²) >= 11 is 0. The Balaban J connectivity index is 1.59. The quantitative estimate of drug-likeness (QED) is 0.936. The van der Waals surface area contributed by atoms with Gasteiger partial charge in [-0.15, -0.1) is 0 Å². The normalized spacial score (nSPS) is 17.8. The van der Waals surface area contributed by atoms with Crippen molar-refractivity contribution in [2.75, 3.05) is 18.1 Å². The van der Waals surface area contributed by atoms with E-state index in [1.807, 2.05) is 19.1 Å². The van der Waals surface area contributed by atoms with Crippen molar-refractivity contribution < 1.29 is 9.47 Å². The molecule has 2 aliphatic rings. The van der Waals surface area contributed by atoms with Gasteiger partial charge in [-0.25, -0.2) is 5.10 Å². The van der Waals surface area contributed by atoms with E-state index in [-0.39, 0.29) is 11.7 Å². The molecule has 6 heteroatoms. The van der Waals surface area contributed by atoms with Crippen molar-refractivity contribution in [2.45, 2.75) is 39.0 Å². The molecule has 2 aromatic rings. The molecule has 0 spiro atoms. The monoisotopic (exact) mass is 327 g/mol. The van der Waals surface area contributed by atoms with Crippen molar-refractivity contribution in [1.29, 1.82) is 0 Å². The first-order chi connectivity index (χ1) is 11.7. The number of hydrogen-bond acceptors (Lipinski definition) is 5. The van der Waals surface area contributed by atoms with Gasteiger partial charge in [0, 0.05) is 37.1 Å². The topological polar surface area (TPSA) is 67.5 Å². The van der Waals surface area contributed by atoms with Gasteiger partial charge in [0.1, 0.15) is 11.9 Å². The summed E-state index contributed by atoms with van der Waals surface area (Å²) < 4.78 is 11.6. The van der Waals surface area contributed by atoms with Crippen LogP contribution in [-0.2, 0) is 17.8 Å². The summed E-state index contributed by atoms with van der Waals surface area (Å²) in [5.74, 6) is 0.956. The van der Waals surface area contributed by atoms with Gasteiger partial charge in [-0.1, -0.05) is 12.1 Å². The third kappa shape index (κ3) is 2.78. The molecule has 0 radical (unpaired) electrons. The molecule has 2 aliphatic heterocycles. The van der Waals surface area contributed by atoms with E-state index in [2.05, 4.69) is 21.2 Å². The Labute approximate surface area is 140 Å². The van der Waals surface area contributed by atoms with Gasteiger partial charge >= 0.3 is 0 Å². The minimum Gasteiger partial charge on any atom is -0.490 e. The second kappa shape index (κ2) is 6.28. The van der Waals surface area contributed by atoms with Crippen LogP contribution in [-0.4, -0.2) is 29.5 Å². The highest BCUT2D eigenvalue weighted by Crippen LogP contribution is 2.35. The maximum Gasteiger partial charge on any atom is 0.269 e. The van der Waals surface area contributed by atoms with Crippen molar-refractivity contribution in [1.82, 2.24) is 10.2 Å². The van der Waals surface area contributed by atoms with Crippen molar-refractivity contribution in [2.24, 2.45) is 0 Å². The minimum absolute atomic E-state index is 0.137. The second-order valence-corrected chi connectivity index (χ2v) is 6.39. The fourth-order valence-electron chi connectivity index (χ4n) is 3.41. The number of rotatable bonds is 3. The van der Waals surface area contributed by atoms with Gasteiger partial charge < -0.3 is 14.4 Å². The third-order valence-electron chi connectivity index (χ3n) is 4.82. The number of nitrogens with zero attached hydrogens (tertiary/aromatic N) is 2. The fraction of sp³-hybridized carbons (Fsp3) is 0.444. The first-order valence-corrected chi connectivity index (χ1v) is 8.37. The Bertz CT molecular complexity index is 796. The molecular formula is C18H21N3O3. The Kier molecular flexibility index (Phi) is 3.98. The molecule has 1 N–H and O–H groups in total. The van der Waals surface area contributed by atoms with Crippen LogP contribution in [0.15, 0.2) is 29.2 Å². The van der Waals surface area contributed by atoms with Crippen LogP contribution < -0.4 is 15.2 Å². The molecule has 1 saturated heterocycles. The summed E-state index contributed by atoms with van der Waals surface area (Å²) in [6.45, 7) is 4.87. The van der Waals surface area contributed by atoms with Crippen LogP contribution in [0.5, 0.6) is 5.75 Å². The van der Waals surface area contributed by atoms with E-state index in [1.54, 1.807) is 6.20 Å². The first-order valence-electron chi connectivity index (χ1n) is 8.37. The molecular weight excluding hydrogens is 306 g/mol. The molecule has 3 heterocycles. The van der Waals surface area contributed by atoms with Gasteiger partial charge in [0.25, 0.3) is 5.56 Å². The Morgan fingerprint density at radius 3 is 2.96 bits per heavy atom. The first kappa shape index (κ1) is 15.2. The second-order valence-electron chi connectivity index (χ2n) is 6.39. The standard InChI is InChI=1S/C18H21N3O3/c1-12-16(9-19-20-18(12)22)21-10-13-3-2-4-17(15(13)11-21)24-14-5-7-23-8-6-14/h2-4,9,14H,5-8,10-11H2,1H3,(H,20,22). The summed E-state index contributed by atoms with van der Waals surface area (Å²) in [5, 5.41) is 6.43. The maximum atomic E-state index is 11.8. The van der Waals surface area contributed by atoms with E-state index in [0.717, 1.165) is 50.6 Å². The lowest BCUT2D eigenvalue weighted by atomic mass is 10.1. The van der Waals surface area contributed by atoms with Crippen LogP contribution in [0, 0.1) is 6.92 Å². The van der Waals surface area contributed by atoms with E-state index in [1.165, 1.54) is 11.1 Å². The van der Waals surface area contributed by atoms with E-state index < -0.39 is 0 Å². The van der Waals surface area contributed by atoms with E-state index in [4.69, 9.17) is 9.47 Å². The van der Waals surface area contributed by atoms with Crippen molar-refractivity contribution in [3.63, 3.8) is 0 Å². The molecule has 6 nitrogen and oxygen atoms in total. The summed E-state index contributed by atoms with van der Waals surface area (Å²) in [6.07, 6.45) is 3.82. The van der Waals surface area contributed by atoms with Crippen molar-refractivity contribution in [3.8, 4) is 5.75 Å². The molecule has 0 saturated carbocycles. The molecule has 126 valence electrons. The van der Waals surface area contributed by atoms with Crippen LogP contribution in [0.25, 0.3) is 0 Å². The highest BCUT2D eigenvalue weighted by molar-refractivity contribution is 5.57. The number of hydrogen-bond donors (Lipinski definition) is 1. The van der Waals surface area contributed by atoms with Gasteiger partial charge in [0.05, 0.1) is 25.1 Å². The van der Waals surface area contributed by atoms with Crippen LogP contribution in [0.3, 0.4) is 0 Å². The molecule has 0 unspecified atom stereocenters. The zero-order valence-corrected chi connectivity index (χ0v) is 13.7. The lowest BCUT2D eigenvalue weighted by Crippen LogP contribution is -2.26. The Morgan fingerprint density at radius 1 is 1.29 bits per heavy atom. The van der Waals surface area contributed by atoms with Crippen LogP contribution >= 0.6 is 0 Å². The number of nitrogens with one attached hydrogen (secondary N) is 1. The Hall–Kier alpha value is -2.34. The lowest BCUT2D eigenvalue weighted by molar-refractivity contribution is 0.0252. The SMILES string of the molecule is Cc1c(N2Cc3cccc(OC4CCOCC4)c3C2)cn[nH]c1=O. The van der Waals surface area contributed by atoms with Crippen LogP contribution in [0.2, 0.25) is 0 Å². The molecule has 1 fully saturated rings. The summed E-state index contributed by atoms with van der Waals surface area (Å²) in [7, 11) is 0. The van der Waals surface area contributed by atoms with E-state index in [9.17, 15) is 4.79 Å². The average molecular weight is 327 g/mol. The lowest BCUT2D eigenvalue weighted by Gasteiger charge is -2.24. The number of aromatic nitrogens is 2. The zero-order valence-electron chi connectivity index (χ0n) is 13.7. The number of ether oxygens (including phenoxy) is 2. The van der Waals surface area contributed by atoms with E-state index >= 15 is 0 Å². The fourth-order valence-corrected chi connectivity index (χ4v) is 3.41. The van der Waals surface area contributed by atoms with Crippen LogP contribution in [0.1, 0.15) is 29.5 Å². The number of benzene rings is 1. The van der Waals surface area contributed by atoms with Crippen molar-refractivity contribution in [3.05, 3.63) is 51.4 Å². The maximum absolute atomic E-state index is 11.8. The zero-order chi connectivity index (χ0) is 16.5. The molecule has 0 bridgehead atoms. The minimum atomic E-state index is -0.137. The molecule has 4 rings (SSSR count). The summed E-state index contributed by atoms with van der Waals surface area (Å²) in [5.41, 5.74) is 3.90. The molecule has 0 atom stereocenters. The molecule has 1 aromatic carbocycles. The van der Waals surface area contributed by atoms with E-state index in [0.29, 0.717) is 5.56 Å². The average Bonchev–Trinajstić information content (AvgIpc) is 3.03. The van der Waals surface area contributed by atoms with Gasteiger partial charge in [0.15, 0.2) is 0 Å². The summed E-state index contributed by atoms with van der Waals surface area (Å²) in [6, 6.07) is 6.21. The summed E-state index contributed by atoms with van der Waals surface area (Å²) in [4.78, 5) is 14.0. The van der Waals surface area contributed by atoms with Gasteiger partial charge in [0.2, 0.25) is 0 Å². The van der Waals surface area contributed by atoms with Crippen molar-refractivity contribution >= 4 is 5.69 Å². The number of anilines is 1. The van der Waals surface area contributed by atoms with Gasteiger partial charge in [-0.3, -0.25) is 4.79 Å². The molecule has 0 amide bonds. The number of H-pyrrole nitrogens is 1. The van der Waals surface area contributed by atoms with Gasteiger partial charge in [-0.05, 0) is 18.6 Å². The number of aromatic amines is 1. The molecule has 0 aliphatic carbocycles.